The first-order valence-electron chi connectivity index (χ1n) is 8.16. The lowest BCUT2D eigenvalue weighted by Gasteiger charge is -2.14. The number of carbonyl (C=O) groups is 2. The zero-order valence-electron chi connectivity index (χ0n) is 15.0. The standard InChI is InChI=1S/C20H23NO4/c1-5-15-8-6-7-13(2)20(15)21-19(23)12-25-17-10-9-16(14(3)22)11-18(17)24-4/h6-11H,5,12H2,1-4H3,(H,21,23). The van der Waals surface area contributed by atoms with Crippen LogP contribution in [0.15, 0.2) is 36.4 Å². The Bertz CT molecular complexity index is 783. The zero-order valence-corrected chi connectivity index (χ0v) is 15.0. The molecule has 0 unspecified atom stereocenters. The number of hydrogen-bond acceptors (Lipinski definition) is 4. The molecule has 0 spiro atoms. The molecule has 132 valence electrons. The third-order valence-corrected chi connectivity index (χ3v) is 3.93. The molecule has 5 heteroatoms. The number of methoxy groups -OCH3 is 1. The monoisotopic (exact) mass is 341 g/mol. The molecule has 1 N–H and O–H groups in total. The number of benzene rings is 2. The molecule has 0 aliphatic rings. The fourth-order valence-corrected chi connectivity index (χ4v) is 2.53. The van der Waals surface area contributed by atoms with Crippen LogP contribution in [-0.2, 0) is 11.2 Å². The summed E-state index contributed by atoms with van der Waals surface area (Å²) in [5.74, 6) is 0.532. The van der Waals surface area contributed by atoms with Crippen molar-refractivity contribution in [3.8, 4) is 11.5 Å². The van der Waals surface area contributed by atoms with E-state index in [0.717, 1.165) is 23.2 Å². The van der Waals surface area contributed by atoms with Crippen LogP contribution >= 0.6 is 0 Å². The fourth-order valence-electron chi connectivity index (χ4n) is 2.53. The Morgan fingerprint density at radius 1 is 1.12 bits per heavy atom. The number of anilines is 1. The minimum atomic E-state index is -0.248. The van der Waals surface area contributed by atoms with Crippen LogP contribution in [0.5, 0.6) is 11.5 Å². The van der Waals surface area contributed by atoms with Gasteiger partial charge in [-0.25, -0.2) is 0 Å². The van der Waals surface area contributed by atoms with E-state index in [1.165, 1.54) is 14.0 Å². The van der Waals surface area contributed by atoms with Gasteiger partial charge in [-0.15, -0.1) is 0 Å². The average molecular weight is 341 g/mol. The topological polar surface area (TPSA) is 64.6 Å². The average Bonchev–Trinajstić information content (AvgIpc) is 2.61. The predicted octanol–water partition coefficient (Wildman–Crippen LogP) is 3.79. The Labute approximate surface area is 148 Å². The van der Waals surface area contributed by atoms with Crippen LogP contribution in [0.2, 0.25) is 0 Å². The normalized spacial score (nSPS) is 10.2. The van der Waals surface area contributed by atoms with Crippen molar-refractivity contribution in [3.05, 3.63) is 53.1 Å². The van der Waals surface area contributed by atoms with Crippen LogP contribution in [0.4, 0.5) is 5.69 Å². The number of Topliss-reactive ketones (excluding diaryl/α,β-unsaturated/α-hetero) is 1. The first-order chi connectivity index (χ1) is 12.0. The maximum Gasteiger partial charge on any atom is 0.262 e. The lowest BCUT2D eigenvalue weighted by molar-refractivity contribution is -0.118. The van der Waals surface area contributed by atoms with E-state index >= 15 is 0 Å². The van der Waals surface area contributed by atoms with Crippen molar-refractivity contribution in [3.63, 3.8) is 0 Å². The van der Waals surface area contributed by atoms with Crippen LogP contribution in [-0.4, -0.2) is 25.4 Å². The molecule has 2 aromatic rings. The highest BCUT2D eigenvalue weighted by molar-refractivity contribution is 5.95. The number of nitrogens with one attached hydrogen (secondary N) is 1. The van der Waals surface area contributed by atoms with Gasteiger partial charge in [0.2, 0.25) is 0 Å². The summed E-state index contributed by atoms with van der Waals surface area (Å²) in [6, 6.07) is 10.8. The summed E-state index contributed by atoms with van der Waals surface area (Å²) in [6.07, 6.45) is 0.832. The molecule has 2 rings (SSSR count). The molecule has 0 saturated heterocycles. The Morgan fingerprint density at radius 3 is 2.52 bits per heavy atom. The van der Waals surface area contributed by atoms with Crippen molar-refractivity contribution in [2.45, 2.75) is 27.2 Å². The molecule has 0 aromatic heterocycles. The molecule has 25 heavy (non-hydrogen) atoms. The SMILES string of the molecule is CCc1cccc(C)c1NC(=O)COc1ccc(C(C)=O)cc1OC. The number of para-hydroxylation sites is 1. The summed E-state index contributed by atoms with van der Waals surface area (Å²) in [5.41, 5.74) is 3.45. The summed E-state index contributed by atoms with van der Waals surface area (Å²) in [5, 5.41) is 2.91. The second-order valence-electron chi connectivity index (χ2n) is 5.72. The second-order valence-corrected chi connectivity index (χ2v) is 5.72. The molecular formula is C20H23NO4. The van der Waals surface area contributed by atoms with Crippen molar-refractivity contribution in [2.75, 3.05) is 19.0 Å². The fraction of sp³-hybridized carbons (Fsp3) is 0.300. The Morgan fingerprint density at radius 2 is 1.88 bits per heavy atom. The van der Waals surface area contributed by atoms with Gasteiger partial charge >= 0.3 is 0 Å². The van der Waals surface area contributed by atoms with Gasteiger partial charge in [0.05, 0.1) is 7.11 Å². The molecule has 0 heterocycles. The van der Waals surface area contributed by atoms with Gasteiger partial charge in [0.25, 0.3) is 5.91 Å². The van der Waals surface area contributed by atoms with Crippen LogP contribution in [0.1, 0.15) is 35.3 Å². The number of amides is 1. The van der Waals surface area contributed by atoms with Crippen LogP contribution in [0.25, 0.3) is 0 Å². The van der Waals surface area contributed by atoms with Crippen molar-refractivity contribution >= 4 is 17.4 Å². The lowest BCUT2D eigenvalue weighted by atomic mass is 10.1. The van der Waals surface area contributed by atoms with Crippen LogP contribution < -0.4 is 14.8 Å². The summed E-state index contributed by atoms with van der Waals surface area (Å²) < 4.78 is 10.8. The molecule has 0 aliphatic carbocycles. The summed E-state index contributed by atoms with van der Waals surface area (Å²) >= 11 is 0. The number of ether oxygens (including phenoxy) is 2. The quantitative estimate of drug-likeness (QED) is 0.778. The number of rotatable bonds is 7. The molecule has 0 saturated carbocycles. The van der Waals surface area contributed by atoms with Gasteiger partial charge in [0, 0.05) is 11.3 Å². The molecule has 1 amide bonds. The number of carbonyl (C=O) groups excluding carboxylic acids is 2. The third kappa shape index (κ3) is 4.59. The Kier molecular flexibility index (Phi) is 6.17. The van der Waals surface area contributed by atoms with Crippen LogP contribution in [0.3, 0.4) is 0 Å². The van der Waals surface area contributed by atoms with Gasteiger partial charge in [-0.2, -0.15) is 0 Å². The number of aryl methyl sites for hydroxylation is 2. The summed E-state index contributed by atoms with van der Waals surface area (Å²) in [6.45, 7) is 5.34. The molecule has 0 aliphatic heterocycles. The van der Waals surface area contributed by atoms with E-state index in [9.17, 15) is 9.59 Å². The zero-order chi connectivity index (χ0) is 18.4. The van der Waals surface area contributed by atoms with E-state index in [2.05, 4.69) is 5.32 Å². The van der Waals surface area contributed by atoms with E-state index in [4.69, 9.17) is 9.47 Å². The largest absolute Gasteiger partial charge is 0.493 e. The first kappa shape index (κ1) is 18.5. The first-order valence-corrected chi connectivity index (χ1v) is 8.16. The molecule has 0 radical (unpaired) electrons. The van der Waals surface area contributed by atoms with Crippen molar-refractivity contribution in [1.82, 2.24) is 0 Å². The van der Waals surface area contributed by atoms with E-state index in [-0.39, 0.29) is 18.3 Å². The summed E-state index contributed by atoms with van der Waals surface area (Å²) in [4.78, 5) is 23.7. The minimum absolute atomic E-state index is 0.0609. The smallest absolute Gasteiger partial charge is 0.262 e. The number of ketones is 1. The van der Waals surface area contributed by atoms with Gasteiger partial charge < -0.3 is 14.8 Å². The molecule has 0 atom stereocenters. The highest BCUT2D eigenvalue weighted by Gasteiger charge is 2.12. The molecule has 5 nitrogen and oxygen atoms in total. The number of hydrogen-bond donors (Lipinski definition) is 1. The minimum Gasteiger partial charge on any atom is -0.493 e. The van der Waals surface area contributed by atoms with Crippen molar-refractivity contribution in [1.29, 1.82) is 0 Å². The molecule has 2 aromatic carbocycles. The van der Waals surface area contributed by atoms with E-state index in [1.54, 1.807) is 18.2 Å². The molecular weight excluding hydrogens is 318 g/mol. The lowest BCUT2D eigenvalue weighted by Crippen LogP contribution is -2.21. The van der Waals surface area contributed by atoms with Crippen LogP contribution in [0, 0.1) is 6.92 Å². The molecule has 0 bridgehead atoms. The highest BCUT2D eigenvalue weighted by atomic mass is 16.5. The van der Waals surface area contributed by atoms with Crippen molar-refractivity contribution in [2.24, 2.45) is 0 Å². The van der Waals surface area contributed by atoms with Crippen molar-refractivity contribution < 1.29 is 19.1 Å². The van der Waals surface area contributed by atoms with E-state index in [0.29, 0.717) is 17.1 Å². The van der Waals surface area contributed by atoms with Gasteiger partial charge in [-0.3, -0.25) is 9.59 Å². The third-order valence-electron chi connectivity index (χ3n) is 3.93. The van der Waals surface area contributed by atoms with Gasteiger partial charge in [0.1, 0.15) is 0 Å². The van der Waals surface area contributed by atoms with Gasteiger partial charge in [-0.1, -0.05) is 25.1 Å². The highest BCUT2D eigenvalue weighted by Crippen LogP contribution is 2.28. The predicted molar refractivity (Wildman–Crippen MR) is 97.7 cm³/mol. The van der Waals surface area contributed by atoms with Gasteiger partial charge in [-0.05, 0) is 49.6 Å². The van der Waals surface area contributed by atoms with E-state index in [1.807, 2.05) is 32.0 Å². The maximum atomic E-state index is 12.2. The Hall–Kier alpha value is -2.82. The summed E-state index contributed by atoms with van der Waals surface area (Å²) in [7, 11) is 1.49. The van der Waals surface area contributed by atoms with E-state index < -0.39 is 0 Å². The molecule has 0 fully saturated rings. The second kappa shape index (κ2) is 8.33. The maximum absolute atomic E-state index is 12.2. The van der Waals surface area contributed by atoms with Gasteiger partial charge in [0.15, 0.2) is 23.9 Å². The Balaban J connectivity index is 2.07.